The zero-order valence-corrected chi connectivity index (χ0v) is 10.5. The van der Waals surface area contributed by atoms with Crippen molar-refractivity contribution in [3.8, 4) is 0 Å². The molecule has 1 saturated carbocycles. The quantitative estimate of drug-likeness (QED) is 0.652. The van der Waals surface area contributed by atoms with Crippen molar-refractivity contribution >= 4 is 5.91 Å². The summed E-state index contributed by atoms with van der Waals surface area (Å²) in [5.41, 5.74) is -0.776. The molecule has 3 N–H and O–H groups in total. The van der Waals surface area contributed by atoms with Gasteiger partial charge in [0.25, 0.3) is 0 Å². The third kappa shape index (κ3) is 4.94. The molecule has 0 aromatic heterocycles. The van der Waals surface area contributed by atoms with Crippen molar-refractivity contribution in [3.63, 3.8) is 0 Å². The predicted octanol–water partition coefficient (Wildman–Crippen LogP) is 0.794. The van der Waals surface area contributed by atoms with E-state index in [9.17, 15) is 9.90 Å². The molecule has 4 heteroatoms. The van der Waals surface area contributed by atoms with E-state index in [-0.39, 0.29) is 11.9 Å². The highest BCUT2D eigenvalue weighted by Crippen LogP contribution is 2.17. The number of amides is 1. The second-order valence-electron chi connectivity index (χ2n) is 5.40. The van der Waals surface area contributed by atoms with Crippen molar-refractivity contribution in [1.29, 1.82) is 0 Å². The van der Waals surface area contributed by atoms with Crippen molar-refractivity contribution in [2.24, 2.45) is 0 Å². The van der Waals surface area contributed by atoms with E-state index in [2.05, 4.69) is 10.6 Å². The van der Waals surface area contributed by atoms with Gasteiger partial charge in [-0.3, -0.25) is 4.79 Å². The lowest BCUT2D eigenvalue weighted by atomic mass is 10.1. The van der Waals surface area contributed by atoms with Gasteiger partial charge in [-0.2, -0.15) is 0 Å². The molecule has 1 fully saturated rings. The molecule has 0 aromatic rings. The van der Waals surface area contributed by atoms with Crippen molar-refractivity contribution in [1.82, 2.24) is 10.6 Å². The van der Waals surface area contributed by atoms with Gasteiger partial charge in [0.05, 0.1) is 11.6 Å². The first-order valence-electron chi connectivity index (χ1n) is 6.14. The van der Waals surface area contributed by atoms with Crippen LogP contribution in [-0.4, -0.2) is 35.2 Å². The summed E-state index contributed by atoms with van der Waals surface area (Å²) < 4.78 is 0. The summed E-state index contributed by atoms with van der Waals surface area (Å²) in [7, 11) is 0. The normalized spacial score (nSPS) is 19.8. The van der Waals surface area contributed by atoms with Gasteiger partial charge in [-0.15, -0.1) is 0 Å². The Morgan fingerprint density at radius 2 is 2.00 bits per heavy atom. The fourth-order valence-corrected chi connectivity index (χ4v) is 1.89. The summed E-state index contributed by atoms with van der Waals surface area (Å²) in [6.45, 7) is 5.70. The fraction of sp³-hybridized carbons (Fsp3) is 0.917. The SMILES string of the molecule is CC(NCC(C)(C)O)C(=O)NC1CCCC1. The Labute approximate surface area is 97.8 Å². The lowest BCUT2D eigenvalue weighted by Crippen LogP contribution is -2.49. The number of carbonyl (C=O) groups is 1. The molecule has 1 atom stereocenters. The monoisotopic (exact) mass is 228 g/mol. The Hall–Kier alpha value is -0.610. The highest BCUT2D eigenvalue weighted by atomic mass is 16.3. The van der Waals surface area contributed by atoms with Crippen LogP contribution in [0.25, 0.3) is 0 Å². The van der Waals surface area contributed by atoms with Crippen LogP contribution in [-0.2, 0) is 4.79 Å². The molecule has 0 aliphatic heterocycles. The molecule has 4 nitrogen and oxygen atoms in total. The Kier molecular flexibility index (Phi) is 4.74. The van der Waals surface area contributed by atoms with Crippen LogP contribution in [0.5, 0.6) is 0 Å². The molecule has 0 aromatic carbocycles. The van der Waals surface area contributed by atoms with Gasteiger partial charge < -0.3 is 15.7 Å². The molecule has 0 saturated heterocycles. The molecule has 1 aliphatic rings. The molecule has 94 valence electrons. The molecule has 1 amide bonds. The van der Waals surface area contributed by atoms with E-state index in [0.29, 0.717) is 12.6 Å². The maximum absolute atomic E-state index is 11.8. The van der Waals surface area contributed by atoms with Crippen molar-refractivity contribution in [2.75, 3.05) is 6.54 Å². The highest BCUT2D eigenvalue weighted by Gasteiger charge is 2.21. The van der Waals surface area contributed by atoms with E-state index in [1.807, 2.05) is 6.92 Å². The van der Waals surface area contributed by atoms with E-state index >= 15 is 0 Å². The van der Waals surface area contributed by atoms with Gasteiger partial charge in [-0.1, -0.05) is 12.8 Å². The average Bonchev–Trinajstić information content (AvgIpc) is 2.65. The van der Waals surface area contributed by atoms with Crippen LogP contribution in [0, 0.1) is 0 Å². The van der Waals surface area contributed by atoms with Crippen LogP contribution in [0.2, 0.25) is 0 Å². The molecule has 1 rings (SSSR count). The zero-order valence-electron chi connectivity index (χ0n) is 10.5. The molecule has 0 spiro atoms. The summed E-state index contributed by atoms with van der Waals surface area (Å²) in [6.07, 6.45) is 4.64. The third-order valence-corrected chi connectivity index (χ3v) is 2.94. The first kappa shape index (κ1) is 13.5. The number of rotatable bonds is 5. The van der Waals surface area contributed by atoms with E-state index in [1.165, 1.54) is 12.8 Å². The molecular formula is C12H24N2O2. The van der Waals surface area contributed by atoms with E-state index in [0.717, 1.165) is 12.8 Å². The molecule has 0 radical (unpaired) electrons. The average molecular weight is 228 g/mol. The number of hydrogen-bond donors (Lipinski definition) is 3. The highest BCUT2D eigenvalue weighted by molar-refractivity contribution is 5.81. The maximum atomic E-state index is 11.8. The number of nitrogens with one attached hydrogen (secondary N) is 2. The second-order valence-corrected chi connectivity index (χ2v) is 5.40. The maximum Gasteiger partial charge on any atom is 0.237 e. The van der Waals surface area contributed by atoms with Crippen molar-refractivity contribution in [2.45, 2.75) is 64.1 Å². The summed E-state index contributed by atoms with van der Waals surface area (Å²) in [6, 6.07) is 0.117. The lowest BCUT2D eigenvalue weighted by Gasteiger charge is -2.22. The van der Waals surface area contributed by atoms with Crippen molar-refractivity contribution in [3.05, 3.63) is 0 Å². The Bertz CT molecular complexity index is 230. The first-order valence-corrected chi connectivity index (χ1v) is 6.14. The van der Waals surface area contributed by atoms with Crippen LogP contribution in [0.1, 0.15) is 46.5 Å². The minimum Gasteiger partial charge on any atom is -0.389 e. The Balaban J connectivity index is 2.24. The van der Waals surface area contributed by atoms with Gasteiger partial charge in [0.2, 0.25) is 5.91 Å². The van der Waals surface area contributed by atoms with Gasteiger partial charge in [-0.05, 0) is 33.6 Å². The van der Waals surface area contributed by atoms with E-state index in [1.54, 1.807) is 13.8 Å². The minimum atomic E-state index is -0.776. The molecule has 1 unspecified atom stereocenters. The standard InChI is InChI=1S/C12H24N2O2/c1-9(13-8-12(2,3)16)11(15)14-10-6-4-5-7-10/h9-10,13,16H,4-8H2,1-3H3,(H,14,15). The summed E-state index contributed by atoms with van der Waals surface area (Å²) >= 11 is 0. The van der Waals surface area contributed by atoms with Crippen LogP contribution < -0.4 is 10.6 Å². The molecule has 1 aliphatic carbocycles. The minimum absolute atomic E-state index is 0.0381. The van der Waals surface area contributed by atoms with Gasteiger partial charge in [-0.25, -0.2) is 0 Å². The van der Waals surface area contributed by atoms with Gasteiger partial charge in [0.1, 0.15) is 0 Å². The Morgan fingerprint density at radius 1 is 1.44 bits per heavy atom. The first-order chi connectivity index (χ1) is 7.38. The fourth-order valence-electron chi connectivity index (χ4n) is 1.89. The summed E-state index contributed by atoms with van der Waals surface area (Å²) in [5.74, 6) is 0.0381. The Morgan fingerprint density at radius 3 is 2.50 bits per heavy atom. The largest absolute Gasteiger partial charge is 0.389 e. The van der Waals surface area contributed by atoms with Gasteiger partial charge >= 0.3 is 0 Å². The summed E-state index contributed by atoms with van der Waals surface area (Å²) in [4.78, 5) is 11.8. The molecular weight excluding hydrogens is 204 g/mol. The number of aliphatic hydroxyl groups is 1. The number of carbonyl (C=O) groups excluding carboxylic acids is 1. The lowest BCUT2D eigenvalue weighted by molar-refractivity contribution is -0.123. The topological polar surface area (TPSA) is 61.4 Å². The van der Waals surface area contributed by atoms with Crippen LogP contribution in [0.3, 0.4) is 0 Å². The predicted molar refractivity (Wildman–Crippen MR) is 64.2 cm³/mol. The summed E-state index contributed by atoms with van der Waals surface area (Å²) in [5, 5.41) is 15.6. The van der Waals surface area contributed by atoms with E-state index in [4.69, 9.17) is 0 Å². The molecule has 16 heavy (non-hydrogen) atoms. The molecule has 0 bridgehead atoms. The zero-order chi connectivity index (χ0) is 12.2. The van der Waals surface area contributed by atoms with Crippen molar-refractivity contribution < 1.29 is 9.90 Å². The van der Waals surface area contributed by atoms with Gasteiger partial charge in [0, 0.05) is 12.6 Å². The smallest absolute Gasteiger partial charge is 0.237 e. The van der Waals surface area contributed by atoms with Crippen LogP contribution in [0.15, 0.2) is 0 Å². The van der Waals surface area contributed by atoms with Crippen LogP contribution >= 0.6 is 0 Å². The van der Waals surface area contributed by atoms with Gasteiger partial charge in [0.15, 0.2) is 0 Å². The number of hydrogen-bond acceptors (Lipinski definition) is 3. The van der Waals surface area contributed by atoms with Crippen LogP contribution in [0.4, 0.5) is 0 Å². The third-order valence-electron chi connectivity index (χ3n) is 2.94. The van der Waals surface area contributed by atoms with E-state index < -0.39 is 5.60 Å². The molecule has 0 heterocycles. The second kappa shape index (κ2) is 5.64.